The van der Waals surface area contributed by atoms with Crippen molar-refractivity contribution in [3.63, 3.8) is 0 Å². The summed E-state index contributed by atoms with van der Waals surface area (Å²) in [5, 5.41) is 3.18. The largest absolute Gasteiger partial charge is 0.495 e. The average molecular weight is 554 g/mol. The Morgan fingerprint density at radius 3 is 2.50 bits per heavy atom. The van der Waals surface area contributed by atoms with Crippen LogP contribution in [-0.2, 0) is 16.0 Å². The number of benzene rings is 3. The number of amidine groups is 1. The molecule has 8 nitrogen and oxygen atoms in total. The van der Waals surface area contributed by atoms with Crippen molar-refractivity contribution in [1.29, 1.82) is 0 Å². The van der Waals surface area contributed by atoms with E-state index in [0.717, 1.165) is 5.56 Å². The van der Waals surface area contributed by atoms with Crippen molar-refractivity contribution in [2.24, 2.45) is 4.99 Å². The van der Waals surface area contributed by atoms with E-state index in [4.69, 9.17) is 30.8 Å². The van der Waals surface area contributed by atoms with E-state index in [0.29, 0.717) is 51.8 Å². The number of anilines is 1. The first-order valence-corrected chi connectivity index (χ1v) is 13.1. The first kappa shape index (κ1) is 27.3. The van der Waals surface area contributed by atoms with Gasteiger partial charge in [0.25, 0.3) is 0 Å². The highest BCUT2D eigenvalue weighted by Crippen LogP contribution is 2.33. The van der Waals surface area contributed by atoms with Crippen molar-refractivity contribution in [3.8, 4) is 17.2 Å². The van der Waals surface area contributed by atoms with Gasteiger partial charge >= 0.3 is 0 Å². The van der Waals surface area contributed by atoms with Crippen LogP contribution in [0.5, 0.6) is 17.2 Å². The highest BCUT2D eigenvalue weighted by Gasteiger charge is 2.36. The van der Waals surface area contributed by atoms with Gasteiger partial charge in [-0.25, -0.2) is 4.99 Å². The summed E-state index contributed by atoms with van der Waals surface area (Å²) < 4.78 is 16.1. The van der Waals surface area contributed by atoms with Crippen LogP contribution in [0.3, 0.4) is 0 Å². The molecule has 3 aromatic carbocycles. The number of ether oxygens (including phenoxy) is 3. The van der Waals surface area contributed by atoms with E-state index < -0.39 is 5.25 Å². The monoisotopic (exact) mass is 553 g/mol. The minimum atomic E-state index is -0.664. The molecule has 1 atom stereocenters. The molecule has 1 heterocycles. The van der Waals surface area contributed by atoms with Gasteiger partial charge in [-0.05, 0) is 54.4 Å². The van der Waals surface area contributed by atoms with Gasteiger partial charge in [-0.15, -0.1) is 0 Å². The lowest BCUT2D eigenvalue weighted by atomic mass is 10.1. The Bertz CT molecular complexity index is 1350. The third-order valence-electron chi connectivity index (χ3n) is 5.90. The van der Waals surface area contributed by atoms with Gasteiger partial charge in [0.15, 0.2) is 16.7 Å². The van der Waals surface area contributed by atoms with E-state index in [2.05, 4.69) is 5.32 Å². The second-order valence-corrected chi connectivity index (χ2v) is 9.97. The molecule has 1 aliphatic heterocycles. The lowest BCUT2D eigenvalue weighted by Gasteiger charge is -2.32. The lowest BCUT2D eigenvalue weighted by molar-refractivity contribution is -0.129. The number of hydrogen-bond acceptors (Lipinski definition) is 7. The molecule has 0 saturated carbocycles. The van der Waals surface area contributed by atoms with Crippen LogP contribution in [0.25, 0.3) is 0 Å². The minimum Gasteiger partial charge on any atom is -0.495 e. The molecule has 10 heteroatoms. The first-order chi connectivity index (χ1) is 18.4. The van der Waals surface area contributed by atoms with Gasteiger partial charge in [-0.3, -0.25) is 14.5 Å². The standard InChI is InChI=1S/C28H28ClN3O5S/c1-35-22-10-5-4-9-21(22)31-27(34)25-17-26(33)32(28(38-25)30-20-8-6-7-19(29)16-20)14-13-18-11-12-23(36-2)24(15-18)37-3/h4-12,15-16,25H,13-14,17H2,1-3H3,(H,31,34). The predicted octanol–water partition coefficient (Wildman–Crippen LogP) is 5.57. The van der Waals surface area contributed by atoms with Crippen LogP contribution in [-0.4, -0.2) is 55.0 Å². The van der Waals surface area contributed by atoms with Gasteiger partial charge in [-0.1, -0.05) is 47.6 Å². The zero-order valence-corrected chi connectivity index (χ0v) is 22.8. The summed E-state index contributed by atoms with van der Waals surface area (Å²) in [6.45, 7) is 0.377. The Kier molecular flexibility index (Phi) is 9.15. The van der Waals surface area contributed by atoms with Crippen molar-refractivity contribution in [2.45, 2.75) is 18.1 Å². The number of amides is 2. The quantitative estimate of drug-likeness (QED) is 0.373. The Balaban J connectivity index is 1.57. The molecular formula is C28H28ClN3O5S. The van der Waals surface area contributed by atoms with E-state index >= 15 is 0 Å². The molecule has 1 unspecified atom stereocenters. The van der Waals surface area contributed by atoms with Crippen molar-refractivity contribution >= 4 is 51.7 Å². The molecule has 4 rings (SSSR count). The summed E-state index contributed by atoms with van der Waals surface area (Å²) in [6.07, 6.45) is 0.589. The normalized spacial score (nSPS) is 16.3. The molecule has 0 bridgehead atoms. The second-order valence-electron chi connectivity index (χ2n) is 8.36. The maximum Gasteiger partial charge on any atom is 0.238 e. The molecule has 0 spiro atoms. The van der Waals surface area contributed by atoms with Crippen LogP contribution < -0.4 is 19.5 Å². The summed E-state index contributed by atoms with van der Waals surface area (Å²) in [5.74, 6) is 1.30. The molecule has 0 aromatic heterocycles. The van der Waals surface area contributed by atoms with Gasteiger partial charge < -0.3 is 19.5 Å². The number of halogens is 1. The van der Waals surface area contributed by atoms with Crippen LogP contribution in [0.4, 0.5) is 11.4 Å². The van der Waals surface area contributed by atoms with Crippen LogP contribution >= 0.6 is 23.4 Å². The fourth-order valence-electron chi connectivity index (χ4n) is 3.96. The number of methoxy groups -OCH3 is 3. The number of aliphatic imine (C=N–C) groups is 1. The number of carbonyl (C=O) groups excluding carboxylic acids is 2. The molecule has 1 fully saturated rings. The molecule has 2 amide bonds. The topological polar surface area (TPSA) is 89.5 Å². The fourth-order valence-corrected chi connectivity index (χ4v) is 5.26. The number of carbonyl (C=O) groups is 2. The molecule has 1 N–H and O–H groups in total. The van der Waals surface area contributed by atoms with E-state index in [1.165, 1.54) is 18.9 Å². The summed E-state index contributed by atoms with van der Waals surface area (Å²) in [5.41, 5.74) is 2.10. The number of nitrogens with one attached hydrogen (secondary N) is 1. The second kappa shape index (κ2) is 12.7. The Morgan fingerprint density at radius 1 is 1.00 bits per heavy atom. The number of para-hydroxylation sites is 2. The van der Waals surface area contributed by atoms with E-state index in [1.807, 2.05) is 24.3 Å². The van der Waals surface area contributed by atoms with Crippen molar-refractivity contribution < 1.29 is 23.8 Å². The van der Waals surface area contributed by atoms with Crippen molar-refractivity contribution in [3.05, 3.63) is 77.3 Å². The van der Waals surface area contributed by atoms with E-state index in [1.54, 1.807) is 61.6 Å². The average Bonchev–Trinajstić information content (AvgIpc) is 2.92. The van der Waals surface area contributed by atoms with Crippen molar-refractivity contribution in [1.82, 2.24) is 4.90 Å². The third kappa shape index (κ3) is 6.59. The smallest absolute Gasteiger partial charge is 0.238 e. The van der Waals surface area contributed by atoms with Crippen LogP contribution in [0.1, 0.15) is 12.0 Å². The number of hydrogen-bond donors (Lipinski definition) is 1. The molecular weight excluding hydrogens is 526 g/mol. The van der Waals surface area contributed by atoms with Crippen LogP contribution in [0.15, 0.2) is 71.7 Å². The zero-order chi connectivity index (χ0) is 27.1. The van der Waals surface area contributed by atoms with Crippen LogP contribution in [0, 0.1) is 0 Å². The number of rotatable bonds is 9. The highest BCUT2D eigenvalue weighted by molar-refractivity contribution is 8.15. The zero-order valence-electron chi connectivity index (χ0n) is 21.3. The number of thioether (sulfide) groups is 1. The molecule has 198 valence electrons. The molecule has 0 aliphatic carbocycles. The SMILES string of the molecule is COc1ccccc1NC(=O)C1CC(=O)N(CCc2ccc(OC)c(OC)c2)C(=Nc2cccc(Cl)c2)S1. The maximum atomic E-state index is 13.4. The van der Waals surface area contributed by atoms with Gasteiger partial charge in [-0.2, -0.15) is 0 Å². The summed E-state index contributed by atoms with van der Waals surface area (Å²) in [6, 6.07) is 19.8. The number of nitrogens with zero attached hydrogens (tertiary/aromatic N) is 2. The summed E-state index contributed by atoms with van der Waals surface area (Å²) in [7, 11) is 4.70. The Labute approximate surface area is 230 Å². The van der Waals surface area contributed by atoms with Gasteiger partial charge in [0.05, 0.1) is 32.7 Å². The molecule has 1 aliphatic rings. The Morgan fingerprint density at radius 2 is 1.76 bits per heavy atom. The summed E-state index contributed by atoms with van der Waals surface area (Å²) in [4.78, 5) is 32.9. The third-order valence-corrected chi connectivity index (χ3v) is 7.32. The molecule has 3 aromatic rings. The van der Waals surface area contributed by atoms with E-state index in [9.17, 15) is 9.59 Å². The molecule has 1 saturated heterocycles. The van der Waals surface area contributed by atoms with Gasteiger partial charge in [0, 0.05) is 18.0 Å². The maximum absolute atomic E-state index is 13.4. The highest BCUT2D eigenvalue weighted by atomic mass is 35.5. The summed E-state index contributed by atoms with van der Waals surface area (Å²) >= 11 is 7.41. The molecule has 0 radical (unpaired) electrons. The fraction of sp³-hybridized carbons (Fsp3) is 0.250. The van der Waals surface area contributed by atoms with Crippen molar-refractivity contribution in [2.75, 3.05) is 33.2 Å². The Hall–Kier alpha value is -3.69. The van der Waals surface area contributed by atoms with E-state index in [-0.39, 0.29) is 18.2 Å². The van der Waals surface area contributed by atoms with Gasteiger partial charge in [0.2, 0.25) is 11.8 Å². The minimum absolute atomic E-state index is 0.0339. The van der Waals surface area contributed by atoms with Crippen LogP contribution in [0.2, 0.25) is 5.02 Å². The molecule has 38 heavy (non-hydrogen) atoms. The first-order valence-electron chi connectivity index (χ1n) is 11.9. The lowest BCUT2D eigenvalue weighted by Crippen LogP contribution is -2.46. The van der Waals surface area contributed by atoms with Gasteiger partial charge in [0.1, 0.15) is 11.0 Å². The predicted molar refractivity (Wildman–Crippen MR) is 151 cm³/mol.